The number of nitrogens with zero attached hydrogens (tertiary/aromatic N) is 2. The number of aryl methyl sites for hydroxylation is 1. The van der Waals surface area contributed by atoms with Gasteiger partial charge in [-0.1, -0.05) is 0 Å². The van der Waals surface area contributed by atoms with Crippen LogP contribution in [0.4, 0.5) is 5.95 Å². The molecule has 1 aromatic rings. The van der Waals surface area contributed by atoms with E-state index in [1.54, 1.807) is 0 Å². The summed E-state index contributed by atoms with van der Waals surface area (Å²) in [6.07, 6.45) is 0.757. The number of carboxylic acid groups (broad SMARTS) is 1. The van der Waals surface area contributed by atoms with Gasteiger partial charge in [-0.2, -0.15) is 0 Å². The van der Waals surface area contributed by atoms with Crippen LogP contribution in [-0.4, -0.2) is 34.1 Å². The maximum absolute atomic E-state index is 11.2. The fourth-order valence-electron chi connectivity index (χ4n) is 2.28. The summed E-state index contributed by atoms with van der Waals surface area (Å²) >= 11 is 0. The van der Waals surface area contributed by atoms with Crippen LogP contribution in [-0.2, 0) is 4.79 Å². The van der Waals surface area contributed by atoms with Crippen molar-refractivity contribution in [2.75, 3.05) is 18.8 Å². The average Bonchev–Trinajstić information content (AvgIpc) is 2.27. The van der Waals surface area contributed by atoms with E-state index in [2.05, 4.69) is 15.3 Å². The molecule has 0 aliphatic carbocycles. The van der Waals surface area contributed by atoms with Gasteiger partial charge < -0.3 is 16.2 Å². The molecule has 6 heteroatoms. The second-order valence-electron chi connectivity index (χ2n) is 4.34. The second kappa shape index (κ2) is 4.67. The Hall–Kier alpha value is -1.69. The maximum atomic E-state index is 11.2. The lowest BCUT2D eigenvalue weighted by Gasteiger charge is -2.28. The van der Waals surface area contributed by atoms with Crippen molar-refractivity contribution < 1.29 is 9.90 Å². The van der Waals surface area contributed by atoms with E-state index in [1.807, 2.05) is 13.0 Å². The van der Waals surface area contributed by atoms with E-state index >= 15 is 0 Å². The number of hydrogen-bond donors (Lipinski definition) is 3. The molecule has 1 saturated heterocycles. The van der Waals surface area contributed by atoms with E-state index in [9.17, 15) is 9.90 Å². The first-order valence-corrected chi connectivity index (χ1v) is 5.62. The Morgan fingerprint density at radius 2 is 2.35 bits per heavy atom. The molecule has 0 aromatic carbocycles. The summed E-state index contributed by atoms with van der Waals surface area (Å²) in [4.78, 5) is 19.4. The number of carbonyl (C=O) groups is 1. The lowest BCUT2D eigenvalue weighted by molar-refractivity contribution is -0.143. The molecule has 2 rings (SSSR count). The van der Waals surface area contributed by atoms with Gasteiger partial charge >= 0.3 is 5.97 Å². The minimum absolute atomic E-state index is 0.0854. The van der Waals surface area contributed by atoms with E-state index in [0.717, 1.165) is 24.4 Å². The van der Waals surface area contributed by atoms with Gasteiger partial charge in [0.25, 0.3) is 0 Å². The van der Waals surface area contributed by atoms with Crippen molar-refractivity contribution in [3.63, 3.8) is 0 Å². The fraction of sp³-hybridized carbons (Fsp3) is 0.545. The third kappa shape index (κ3) is 2.52. The number of carboxylic acids is 1. The highest BCUT2D eigenvalue weighted by molar-refractivity contribution is 5.71. The largest absolute Gasteiger partial charge is 0.481 e. The van der Waals surface area contributed by atoms with Gasteiger partial charge in [0, 0.05) is 18.2 Å². The molecular formula is C11H16N4O2. The monoisotopic (exact) mass is 236 g/mol. The summed E-state index contributed by atoms with van der Waals surface area (Å²) in [6.45, 7) is 3.11. The third-order valence-electron chi connectivity index (χ3n) is 3.07. The summed E-state index contributed by atoms with van der Waals surface area (Å²) in [5.41, 5.74) is 7.12. The summed E-state index contributed by atoms with van der Waals surface area (Å²) < 4.78 is 0. The van der Waals surface area contributed by atoms with Gasteiger partial charge in [-0.25, -0.2) is 9.97 Å². The van der Waals surface area contributed by atoms with Crippen LogP contribution in [0.15, 0.2) is 6.07 Å². The minimum Gasteiger partial charge on any atom is -0.481 e. The highest BCUT2D eigenvalue weighted by atomic mass is 16.4. The van der Waals surface area contributed by atoms with Gasteiger partial charge in [0.05, 0.1) is 11.6 Å². The summed E-state index contributed by atoms with van der Waals surface area (Å²) in [5.74, 6) is -1.12. The lowest BCUT2D eigenvalue weighted by atomic mass is 9.83. The zero-order valence-corrected chi connectivity index (χ0v) is 9.68. The lowest BCUT2D eigenvalue weighted by Crippen LogP contribution is -2.40. The number of piperidine rings is 1. The third-order valence-corrected chi connectivity index (χ3v) is 3.07. The highest BCUT2D eigenvalue weighted by Gasteiger charge is 2.33. The van der Waals surface area contributed by atoms with Crippen molar-refractivity contribution in [2.45, 2.75) is 19.3 Å². The number of nitrogen functional groups attached to an aromatic ring is 1. The standard InChI is InChI=1S/C11H16N4O2/c1-6-4-9(15-11(12)14-6)7-2-3-13-5-8(7)10(16)17/h4,7-8,13H,2-3,5H2,1H3,(H,16,17)(H2,12,14,15). The summed E-state index contributed by atoms with van der Waals surface area (Å²) in [7, 11) is 0. The minimum atomic E-state index is -0.794. The van der Waals surface area contributed by atoms with Crippen molar-refractivity contribution in [3.05, 3.63) is 17.5 Å². The van der Waals surface area contributed by atoms with E-state index in [0.29, 0.717) is 6.54 Å². The van der Waals surface area contributed by atoms with Crippen molar-refractivity contribution in [1.82, 2.24) is 15.3 Å². The van der Waals surface area contributed by atoms with Crippen LogP contribution in [0.1, 0.15) is 23.7 Å². The number of aliphatic carboxylic acids is 1. The first-order valence-electron chi connectivity index (χ1n) is 5.62. The maximum Gasteiger partial charge on any atom is 0.308 e. The molecule has 0 spiro atoms. The van der Waals surface area contributed by atoms with Crippen LogP contribution in [0.25, 0.3) is 0 Å². The van der Waals surface area contributed by atoms with Gasteiger partial charge in [0.15, 0.2) is 0 Å². The van der Waals surface area contributed by atoms with E-state index in [-0.39, 0.29) is 11.9 Å². The molecule has 4 N–H and O–H groups in total. The number of rotatable bonds is 2. The molecular weight excluding hydrogens is 220 g/mol. The first-order chi connectivity index (χ1) is 8.08. The Kier molecular flexibility index (Phi) is 3.23. The average molecular weight is 236 g/mol. The Balaban J connectivity index is 2.32. The van der Waals surface area contributed by atoms with Crippen molar-refractivity contribution >= 4 is 11.9 Å². The summed E-state index contributed by atoms with van der Waals surface area (Å²) in [6, 6.07) is 1.82. The molecule has 0 saturated carbocycles. The highest BCUT2D eigenvalue weighted by Crippen LogP contribution is 2.29. The predicted octanol–water partition coefficient (Wildman–Crippen LogP) is 0.145. The molecule has 2 atom stereocenters. The van der Waals surface area contributed by atoms with E-state index < -0.39 is 11.9 Å². The van der Waals surface area contributed by atoms with Gasteiger partial charge in [-0.15, -0.1) is 0 Å². The Morgan fingerprint density at radius 3 is 3.00 bits per heavy atom. The van der Waals surface area contributed by atoms with Gasteiger partial charge in [-0.05, 0) is 26.0 Å². The Bertz CT molecular complexity index is 415. The molecule has 92 valence electrons. The molecule has 1 aliphatic heterocycles. The number of nitrogens with one attached hydrogen (secondary N) is 1. The first kappa shape index (κ1) is 11.8. The van der Waals surface area contributed by atoms with Gasteiger partial charge in [-0.3, -0.25) is 4.79 Å². The van der Waals surface area contributed by atoms with Gasteiger partial charge in [0.1, 0.15) is 0 Å². The molecule has 2 unspecified atom stereocenters. The van der Waals surface area contributed by atoms with E-state index in [4.69, 9.17) is 5.73 Å². The second-order valence-corrected chi connectivity index (χ2v) is 4.34. The molecule has 0 radical (unpaired) electrons. The van der Waals surface area contributed by atoms with Crippen LogP contribution in [0.3, 0.4) is 0 Å². The van der Waals surface area contributed by atoms with Crippen LogP contribution in [0.2, 0.25) is 0 Å². The molecule has 6 nitrogen and oxygen atoms in total. The number of hydrogen-bond acceptors (Lipinski definition) is 5. The molecule has 1 aromatic heterocycles. The molecule has 0 bridgehead atoms. The van der Waals surface area contributed by atoms with Gasteiger partial charge in [0.2, 0.25) is 5.95 Å². The number of nitrogens with two attached hydrogens (primary N) is 1. The molecule has 0 amide bonds. The van der Waals surface area contributed by atoms with Crippen LogP contribution < -0.4 is 11.1 Å². The zero-order valence-electron chi connectivity index (χ0n) is 9.68. The topological polar surface area (TPSA) is 101 Å². The molecule has 1 fully saturated rings. The Labute approximate surface area is 99.3 Å². The number of anilines is 1. The van der Waals surface area contributed by atoms with Crippen LogP contribution in [0, 0.1) is 12.8 Å². The molecule has 17 heavy (non-hydrogen) atoms. The van der Waals surface area contributed by atoms with Crippen molar-refractivity contribution in [1.29, 1.82) is 0 Å². The SMILES string of the molecule is Cc1cc(C2CCNCC2C(=O)O)nc(N)n1. The number of aromatic nitrogens is 2. The molecule has 2 heterocycles. The van der Waals surface area contributed by atoms with Crippen LogP contribution in [0.5, 0.6) is 0 Å². The zero-order chi connectivity index (χ0) is 12.4. The predicted molar refractivity (Wildman–Crippen MR) is 62.5 cm³/mol. The van der Waals surface area contributed by atoms with Crippen molar-refractivity contribution in [2.24, 2.45) is 5.92 Å². The quantitative estimate of drug-likeness (QED) is 0.675. The smallest absolute Gasteiger partial charge is 0.308 e. The summed E-state index contributed by atoms with van der Waals surface area (Å²) in [5, 5.41) is 12.3. The normalized spacial score (nSPS) is 24.5. The van der Waals surface area contributed by atoms with Crippen molar-refractivity contribution in [3.8, 4) is 0 Å². The molecule has 1 aliphatic rings. The fourth-order valence-corrected chi connectivity index (χ4v) is 2.28. The Morgan fingerprint density at radius 1 is 1.59 bits per heavy atom. The van der Waals surface area contributed by atoms with E-state index in [1.165, 1.54) is 0 Å². The van der Waals surface area contributed by atoms with Crippen LogP contribution >= 0.6 is 0 Å².